The van der Waals surface area contributed by atoms with Crippen LogP contribution in [0.5, 0.6) is 0 Å². The van der Waals surface area contributed by atoms with Crippen molar-refractivity contribution < 1.29 is 4.52 Å². The Kier molecular flexibility index (Phi) is 3.64. The number of hydrogen-bond acceptors (Lipinski definition) is 6. The maximum absolute atomic E-state index is 5.25. The molecule has 0 saturated carbocycles. The van der Waals surface area contributed by atoms with Crippen molar-refractivity contribution in [2.24, 2.45) is 0 Å². The van der Waals surface area contributed by atoms with Gasteiger partial charge >= 0.3 is 0 Å². The van der Waals surface area contributed by atoms with Gasteiger partial charge in [-0.3, -0.25) is 9.97 Å². The molecule has 3 rings (SSSR count). The highest BCUT2D eigenvalue weighted by atomic mass is 16.5. The molecule has 1 aromatic carbocycles. The van der Waals surface area contributed by atoms with Crippen molar-refractivity contribution in [3.8, 4) is 11.4 Å². The van der Waals surface area contributed by atoms with E-state index in [9.17, 15) is 0 Å². The summed E-state index contributed by atoms with van der Waals surface area (Å²) in [5.74, 6) is 1.26. The van der Waals surface area contributed by atoms with Crippen molar-refractivity contribution in [2.75, 3.05) is 13.6 Å². The van der Waals surface area contributed by atoms with Crippen LogP contribution in [0.2, 0.25) is 0 Å². The fourth-order valence-electron chi connectivity index (χ4n) is 1.99. The minimum absolute atomic E-state index is 0.594. The number of aromatic nitrogens is 4. The van der Waals surface area contributed by atoms with Gasteiger partial charge in [-0.1, -0.05) is 5.16 Å². The molecule has 0 aliphatic rings. The van der Waals surface area contributed by atoms with E-state index in [1.165, 1.54) is 0 Å². The highest BCUT2D eigenvalue weighted by Gasteiger charge is 2.09. The zero-order valence-electron chi connectivity index (χ0n) is 11.2. The topological polar surface area (TPSA) is 76.7 Å². The summed E-state index contributed by atoms with van der Waals surface area (Å²) in [4.78, 5) is 12.9. The Morgan fingerprint density at radius 3 is 2.85 bits per heavy atom. The second-order valence-corrected chi connectivity index (χ2v) is 4.48. The third-order valence-electron chi connectivity index (χ3n) is 3.01. The summed E-state index contributed by atoms with van der Waals surface area (Å²) >= 11 is 0. The van der Waals surface area contributed by atoms with Crippen LogP contribution in [0.1, 0.15) is 12.3 Å². The molecule has 0 radical (unpaired) electrons. The summed E-state index contributed by atoms with van der Waals surface area (Å²) in [6, 6.07) is 5.76. The van der Waals surface area contributed by atoms with Crippen LogP contribution in [0.4, 0.5) is 0 Å². The summed E-state index contributed by atoms with van der Waals surface area (Å²) in [5, 5.41) is 7.11. The van der Waals surface area contributed by atoms with E-state index in [1.807, 2.05) is 25.2 Å². The molecule has 2 heterocycles. The highest BCUT2D eigenvalue weighted by Crippen LogP contribution is 2.20. The van der Waals surface area contributed by atoms with Gasteiger partial charge < -0.3 is 9.84 Å². The molecule has 0 saturated heterocycles. The average Bonchev–Trinajstić information content (AvgIpc) is 2.96. The molecule has 0 unspecified atom stereocenters. The second-order valence-electron chi connectivity index (χ2n) is 4.48. The van der Waals surface area contributed by atoms with E-state index in [-0.39, 0.29) is 0 Å². The Balaban J connectivity index is 1.83. The zero-order valence-corrected chi connectivity index (χ0v) is 11.2. The van der Waals surface area contributed by atoms with Gasteiger partial charge in [0.05, 0.1) is 11.0 Å². The van der Waals surface area contributed by atoms with Crippen molar-refractivity contribution in [1.29, 1.82) is 0 Å². The second kappa shape index (κ2) is 5.75. The van der Waals surface area contributed by atoms with Crippen molar-refractivity contribution >= 4 is 11.0 Å². The summed E-state index contributed by atoms with van der Waals surface area (Å²) in [5.41, 5.74) is 2.57. The first-order chi connectivity index (χ1) is 9.86. The standard InChI is InChI=1S/C14H15N5O/c1-15-6-2-3-13-18-14(19-20-13)10-4-5-11-12(9-10)17-8-7-16-11/h4-5,7-9,15H,2-3,6H2,1H3. The van der Waals surface area contributed by atoms with E-state index in [4.69, 9.17) is 4.52 Å². The minimum Gasteiger partial charge on any atom is -0.339 e. The lowest BCUT2D eigenvalue weighted by Gasteiger charge is -1.97. The van der Waals surface area contributed by atoms with Crippen LogP contribution in [0.3, 0.4) is 0 Å². The first-order valence-electron chi connectivity index (χ1n) is 6.55. The number of rotatable bonds is 5. The predicted octanol–water partition coefficient (Wildman–Crippen LogP) is 1.83. The molecule has 0 amide bonds. The molecular weight excluding hydrogens is 254 g/mol. The molecule has 6 nitrogen and oxygen atoms in total. The van der Waals surface area contributed by atoms with E-state index in [2.05, 4.69) is 25.4 Å². The SMILES string of the molecule is CNCCCc1nc(-c2ccc3nccnc3c2)no1. The number of fused-ring (bicyclic) bond motifs is 1. The summed E-state index contributed by atoms with van der Waals surface area (Å²) in [6.07, 6.45) is 5.10. The molecule has 6 heteroatoms. The zero-order chi connectivity index (χ0) is 13.8. The van der Waals surface area contributed by atoms with E-state index in [1.54, 1.807) is 12.4 Å². The third kappa shape index (κ3) is 2.65. The van der Waals surface area contributed by atoms with Crippen LogP contribution in [-0.4, -0.2) is 33.7 Å². The molecule has 102 valence electrons. The Morgan fingerprint density at radius 2 is 2.00 bits per heavy atom. The molecule has 3 aromatic rings. The van der Waals surface area contributed by atoms with Crippen molar-refractivity contribution in [2.45, 2.75) is 12.8 Å². The maximum atomic E-state index is 5.25. The van der Waals surface area contributed by atoms with Gasteiger partial charge in [-0.25, -0.2) is 0 Å². The van der Waals surface area contributed by atoms with Gasteiger partial charge in [-0.05, 0) is 38.2 Å². The molecule has 1 N–H and O–H groups in total. The number of aryl methyl sites for hydroxylation is 1. The average molecular weight is 269 g/mol. The normalized spacial score (nSPS) is 11.1. The van der Waals surface area contributed by atoms with E-state index in [0.29, 0.717) is 11.7 Å². The predicted molar refractivity (Wildman–Crippen MR) is 75.1 cm³/mol. The molecule has 0 aliphatic heterocycles. The van der Waals surface area contributed by atoms with Gasteiger partial charge in [0.2, 0.25) is 11.7 Å². The molecule has 0 aliphatic carbocycles. The molecule has 20 heavy (non-hydrogen) atoms. The highest BCUT2D eigenvalue weighted by molar-refractivity contribution is 5.79. The Hall–Kier alpha value is -2.34. The molecule has 2 aromatic heterocycles. The lowest BCUT2D eigenvalue weighted by molar-refractivity contribution is 0.375. The quantitative estimate of drug-likeness (QED) is 0.712. The van der Waals surface area contributed by atoms with Gasteiger partial charge in [0.25, 0.3) is 0 Å². The molecule has 0 spiro atoms. The van der Waals surface area contributed by atoms with E-state index in [0.717, 1.165) is 36.0 Å². The minimum atomic E-state index is 0.594. The van der Waals surface area contributed by atoms with Crippen LogP contribution in [0.25, 0.3) is 22.4 Å². The number of hydrogen-bond donors (Lipinski definition) is 1. The largest absolute Gasteiger partial charge is 0.339 e. The fraction of sp³-hybridized carbons (Fsp3) is 0.286. The summed E-state index contributed by atoms with van der Waals surface area (Å²) in [7, 11) is 1.93. The number of nitrogens with zero attached hydrogens (tertiary/aromatic N) is 4. The third-order valence-corrected chi connectivity index (χ3v) is 3.01. The van der Waals surface area contributed by atoms with Crippen LogP contribution in [-0.2, 0) is 6.42 Å². The van der Waals surface area contributed by atoms with Crippen LogP contribution in [0, 0.1) is 0 Å². The lowest BCUT2D eigenvalue weighted by atomic mass is 10.2. The monoisotopic (exact) mass is 269 g/mol. The fourth-order valence-corrected chi connectivity index (χ4v) is 1.99. The summed E-state index contributed by atoms with van der Waals surface area (Å²) in [6.45, 7) is 0.934. The number of nitrogens with one attached hydrogen (secondary N) is 1. The van der Waals surface area contributed by atoms with Gasteiger partial charge in [0.15, 0.2) is 0 Å². The van der Waals surface area contributed by atoms with Crippen LogP contribution >= 0.6 is 0 Å². The summed E-state index contributed by atoms with van der Waals surface area (Å²) < 4.78 is 5.25. The molecule has 0 fully saturated rings. The number of benzene rings is 1. The lowest BCUT2D eigenvalue weighted by Crippen LogP contribution is -2.08. The van der Waals surface area contributed by atoms with Crippen molar-refractivity contribution in [3.63, 3.8) is 0 Å². The smallest absolute Gasteiger partial charge is 0.227 e. The van der Waals surface area contributed by atoms with Gasteiger partial charge in [-0.2, -0.15) is 4.98 Å². The maximum Gasteiger partial charge on any atom is 0.227 e. The first-order valence-corrected chi connectivity index (χ1v) is 6.55. The molecular formula is C14H15N5O. The molecule has 0 bridgehead atoms. The molecule has 0 atom stereocenters. The van der Waals surface area contributed by atoms with Gasteiger partial charge in [-0.15, -0.1) is 0 Å². The van der Waals surface area contributed by atoms with Crippen molar-refractivity contribution in [3.05, 3.63) is 36.5 Å². The van der Waals surface area contributed by atoms with Crippen LogP contribution in [0.15, 0.2) is 35.1 Å². The first kappa shape index (κ1) is 12.7. The van der Waals surface area contributed by atoms with Crippen LogP contribution < -0.4 is 5.32 Å². The Labute approximate surface area is 116 Å². The Morgan fingerprint density at radius 1 is 1.15 bits per heavy atom. The van der Waals surface area contributed by atoms with E-state index >= 15 is 0 Å². The van der Waals surface area contributed by atoms with Gasteiger partial charge in [0.1, 0.15) is 0 Å². The van der Waals surface area contributed by atoms with E-state index < -0.39 is 0 Å². The van der Waals surface area contributed by atoms with Gasteiger partial charge in [0, 0.05) is 24.4 Å². The van der Waals surface area contributed by atoms with Crippen molar-refractivity contribution in [1.82, 2.24) is 25.4 Å². The Bertz CT molecular complexity index is 709.